The van der Waals surface area contributed by atoms with E-state index in [4.69, 9.17) is 4.74 Å². The second-order valence-electron chi connectivity index (χ2n) is 7.66. The number of nitrogens with zero attached hydrogens (tertiary/aromatic N) is 1. The number of rotatable bonds is 8. The van der Waals surface area contributed by atoms with Crippen LogP contribution in [0.3, 0.4) is 0 Å². The van der Waals surface area contributed by atoms with E-state index in [1.165, 1.54) is 0 Å². The molecular formula is C21H29N3O3S2. The molecule has 0 saturated carbocycles. The van der Waals surface area contributed by atoms with Crippen LogP contribution in [0.15, 0.2) is 29.6 Å². The fourth-order valence-electron chi connectivity index (χ4n) is 2.58. The molecule has 2 aromatic rings. The first-order chi connectivity index (χ1) is 13.7. The van der Waals surface area contributed by atoms with Crippen molar-refractivity contribution >= 4 is 35.1 Å². The Morgan fingerprint density at radius 3 is 2.66 bits per heavy atom. The van der Waals surface area contributed by atoms with Gasteiger partial charge in [-0.1, -0.05) is 24.3 Å². The smallest absolute Gasteiger partial charge is 0.408 e. The van der Waals surface area contributed by atoms with Crippen LogP contribution in [0, 0.1) is 6.92 Å². The lowest BCUT2D eigenvalue weighted by Crippen LogP contribution is -2.48. The van der Waals surface area contributed by atoms with Crippen molar-refractivity contribution in [1.29, 1.82) is 0 Å². The Bertz CT molecular complexity index is 831. The maximum Gasteiger partial charge on any atom is 0.408 e. The normalized spacial score (nSPS) is 12.3. The summed E-state index contributed by atoms with van der Waals surface area (Å²) in [5.41, 5.74) is 2.44. The van der Waals surface area contributed by atoms with E-state index in [1.54, 1.807) is 43.9 Å². The third-order valence-corrected chi connectivity index (χ3v) is 5.56. The molecule has 0 saturated heterocycles. The number of alkyl carbamates (subject to hydrolysis) is 1. The molecule has 0 bridgehead atoms. The first kappa shape index (κ1) is 23.2. The molecule has 1 atom stereocenters. The van der Waals surface area contributed by atoms with Crippen LogP contribution in [0.5, 0.6) is 0 Å². The van der Waals surface area contributed by atoms with Gasteiger partial charge in [-0.3, -0.25) is 4.79 Å². The molecule has 0 radical (unpaired) electrons. The van der Waals surface area contributed by atoms with Gasteiger partial charge in [0.2, 0.25) is 5.91 Å². The fourth-order valence-corrected chi connectivity index (χ4v) is 3.96. The summed E-state index contributed by atoms with van der Waals surface area (Å²) in [6.07, 6.45) is 1.90. The van der Waals surface area contributed by atoms with E-state index in [0.717, 1.165) is 27.6 Å². The van der Waals surface area contributed by atoms with Gasteiger partial charge in [-0.2, -0.15) is 11.8 Å². The topological polar surface area (TPSA) is 80.3 Å². The highest BCUT2D eigenvalue weighted by atomic mass is 32.2. The number of carbonyl (C=O) groups is 2. The minimum atomic E-state index is -0.647. The largest absolute Gasteiger partial charge is 0.444 e. The van der Waals surface area contributed by atoms with Crippen LogP contribution in [-0.4, -0.2) is 40.6 Å². The quantitative estimate of drug-likeness (QED) is 0.643. The Morgan fingerprint density at radius 1 is 1.28 bits per heavy atom. The zero-order valence-corrected chi connectivity index (χ0v) is 19.2. The first-order valence-electron chi connectivity index (χ1n) is 9.46. The van der Waals surface area contributed by atoms with E-state index in [2.05, 4.69) is 28.6 Å². The van der Waals surface area contributed by atoms with Gasteiger partial charge in [0, 0.05) is 10.9 Å². The molecule has 0 aliphatic carbocycles. The third kappa shape index (κ3) is 7.70. The van der Waals surface area contributed by atoms with Gasteiger partial charge in [0.25, 0.3) is 0 Å². The molecule has 6 nitrogen and oxygen atoms in total. The third-order valence-electron chi connectivity index (χ3n) is 3.99. The van der Waals surface area contributed by atoms with Crippen LogP contribution in [0.25, 0.3) is 10.6 Å². The summed E-state index contributed by atoms with van der Waals surface area (Å²) in [4.78, 5) is 29.3. The lowest BCUT2D eigenvalue weighted by molar-refractivity contribution is -0.123. The molecule has 1 aromatic carbocycles. The predicted octanol–water partition coefficient (Wildman–Crippen LogP) is 4.38. The van der Waals surface area contributed by atoms with E-state index in [-0.39, 0.29) is 5.91 Å². The van der Waals surface area contributed by atoms with E-state index in [9.17, 15) is 9.59 Å². The lowest BCUT2D eigenvalue weighted by atomic mass is 10.1. The Balaban J connectivity index is 1.97. The van der Waals surface area contributed by atoms with Gasteiger partial charge >= 0.3 is 6.09 Å². The van der Waals surface area contributed by atoms with Gasteiger partial charge in [-0.25, -0.2) is 9.78 Å². The van der Waals surface area contributed by atoms with Crippen molar-refractivity contribution in [2.45, 2.75) is 52.3 Å². The maximum absolute atomic E-state index is 12.6. The highest BCUT2D eigenvalue weighted by Gasteiger charge is 2.24. The van der Waals surface area contributed by atoms with Crippen molar-refractivity contribution in [1.82, 2.24) is 15.6 Å². The van der Waals surface area contributed by atoms with Crippen LogP contribution < -0.4 is 10.6 Å². The number of thioether (sulfide) groups is 1. The fraction of sp³-hybridized carbons (Fsp3) is 0.476. The van der Waals surface area contributed by atoms with Crippen molar-refractivity contribution in [3.05, 3.63) is 40.9 Å². The number of carbonyl (C=O) groups excluding carboxylic acids is 2. The van der Waals surface area contributed by atoms with Crippen LogP contribution in [-0.2, 0) is 16.1 Å². The van der Waals surface area contributed by atoms with Crippen LogP contribution in [0.1, 0.15) is 38.4 Å². The van der Waals surface area contributed by atoms with Crippen LogP contribution >= 0.6 is 23.1 Å². The highest BCUT2D eigenvalue weighted by molar-refractivity contribution is 7.98. The minimum Gasteiger partial charge on any atom is -0.444 e. The molecule has 1 unspecified atom stereocenters. The average Bonchev–Trinajstić information content (AvgIpc) is 3.10. The Hall–Kier alpha value is -2.06. The summed E-state index contributed by atoms with van der Waals surface area (Å²) in [7, 11) is 0. The zero-order chi connectivity index (χ0) is 21.4. The standard InChI is InChI=1S/C21H29N3O3S2/c1-14-8-6-7-9-16(14)19-23-15(13-29-19)12-22-18(25)17(10-11-28-5)24-20(26)27-21(2,3)4/h6-9,13,17H,10-12H2,1-5H3,(H,22,25)(H,24,26). The van der Waals surface area contributed by atoms with Gasteiger partial charge in [0.05, 0.1) is 12.2 Å². The van der Waals surface area contributed by atoms with E-state index >= 15 is 0 Å². The first-order valence-corrected chi connectivity index (χ1v) is 11.7. The van der Waals surface area contributed by atoms with Crippen LogP contribution in [0.2, 0.25) is 0 Å². The number of nitrogens with one attached hydrogen (secondary N) is 2. The monoisotopic (exact) mass is 435 g/mol. The SMILES string of the molecule is CSCCC(NC(=O)OC(C)(C)C)C(=O)NCc1csc(-c2ccccc2C)n1. The molecular weight excluding hydrogens is 406 g/mol. The van der Waals surface area contributed by atoms with Crippen molar-refractivity contribution < 1.29 is 14.3 Å². The van der Waals surface area contributed by atoms with Crippen molar-refractivity contribution in [3.63, 3.8) is 0 Å². The second-order valence-corrected chi connectivity index (χ2v) is 9.50. The average molecular weight is 436 g/mol. The number of hydrogen-bond donors (Lipinski definition) is 2. The van der Waals surface area contributed by atoms with Crippen molar-refractivity contribution in [2.24, 2.45) is 0 Å². The molecule has 0 aliphatic heterocycles. The Morgan fingerprint density at radius 2 is 2.00 bits per heavy atom. The molecule has 0 aliphatic rings. The van der Waals surface area contributed by atoms with E-state index in [0.29, 0.717) is 13.0 Å². The number of aromatic nitrogens is 1. The summed E-state index contributed by atoms with van der Waals surface area (Å²) < 4.78 is 5.28. The Kier molecular flexibility index (Phi) is 8.52. The maximum atomic E-state index is 12.6. The van der Waals surface area contributed by atoms with Crippen molar-refractivity contribution in [2.75, 3.05) is 12.0 Å². The number of aryl methyl sites for hydroxylation is 1. The van der Waals surface area contributed by atoms with E-state index < -0.39 is 17.7 Å². The number of ether oxygens (including phenoxy) is 1. The van der Waals surface area contributed by atoms with E-state index in [1.807, 2.05) is 29.8 Å². The number of amides is 2. The Labute approximate surface area is 180 Å². The minimum absolute atomic E-state index is 0.240. The number of thiazole rings is 1. The molecule has 2 rings (SSSR count). The number of benzene rings is 1. The molecule has 29 heavy (non-hydrogen) atoms. The second kappa shape index (κ2) is 10.6. The van der Waals surface area contributed by atoms with Gasteiger partial charge in [-0.05, 0) is 51.7 Å². The highest BCUT2D eigenvalue weighted by Crippen LogP contribution is 2.26. The molecule has 8 heteroatoms. The van der Waals surface area contributed by atoms with Crippen LogP contribution in [0.4, 0.5) is 4.79 Å². The summed E-state index contributed by atoms with van der Waals surface area (Å²) in [6.45, 7) is 7.73. The summed E-state index contributed by atoms with van der Waals surface area (Å²) in [5, 5.41) is 8.43. The van der Waals surface area contributed by atoms with Gasteiger partial charge in [-0.15, -0.1) is 11.3 Å². The molecule has 158 valence electrons. The lowest BCUT2D eigenvalue weighted by Gasteiger charge is -2.23. The predicted molar refractivity (Wildman–Crippen MR) is 120 cm³/mol. The molecule has 0 spiro atoms. The number of hydrogen-bond acceptors (Lipinski definition) is 6. The molecule has 1 heterocycles. The van der Waals surface area contributed by atoms with Gasteiger partial charge in [0.1, 0.15) is 16.7 Å². The molecule has 1 aromatic heterocycles. The summed E-state index contributed by atoms with van der Waals surface area (Å²) in [5.74, 6) is 0.512. The van der Waals surface area contributed by atoms with Gasteiger partial charge < -0.3 is 15.4 Å². The molecule has 2 N–H and O–H groups in total. The molecule has 0 fully saturated rings. The van der Waals surface area contributed by atoms with Gasteiger partial charge in [0.15, 0.2) is 0 Å². The molecule has 2 amide bonds. The summed E-state index contributed by atoms with van der Waals surface area (Å²) >= 11 is 3.17. The summed E-state index contributed by atoms with van der Waals surface area (Å²) in [6, 6.07) is 7.44. The van der Waals surface area contributed by atoms with Crippen molar-refractivity contribution in [3.8, 4) is 10.6 Å². The zero-order valence-electron chi connectivity index (χ0n) is 17.6.